The molecule has 4 fully saturated rings. The Balaban J connectivity index is 0.833. The number of nitrogens with zero attached hydrogens (tertiary/aromatic N) is 7. The van der Waals surface area contributed by atoms with Crippen LogP contribution in [0.5, 0.6) is 11.5 Å². The minimum Gasteiger partial charge on any atom is -0.496 e. The molecular weight excluding hydrogens is 753 g/mol. The first-order valence-corrected chi connectivity index (χ1v) is 20.7. The maximum atomic E-state index is 13.1. The summed E-state index contributed by atoms with van der Waals surface area (Å²) in [6, 6.07) is 8.33. The number of pyridine rings is 3. The van der Waals surface area contributed by atoms with Crippen molar-refractivity contribution < 1.29 is 23.9 Å². The van der Waals surface area contributed by atoms with Crippen molar-refractivity contribution in [3.63, 3.8) is 0 Å². The molecule has 0 aliphatic carbocycles. The number of carbonyl (C=O) groups excluding carboxylic acids is 3. The fourth-order valence-electron chi connectivity index (χ4n) is 8.76. The monoisotopic (exact) mass is 806 g/mol. The molecular formula is C43H54N10O6. The number of amides is 3. The summed E-state index contributed by atoms with van der Waals surface area (Å²) in [5.41, 5.74) is 3.73. The summed E-state index contributed by atoms with van der Waals surface area (Å²) in [5.74, 6) is 2.22. The van der Waals surface area contributed by atoms with E-state index in [1.165, 1.54) is 4.57 Å². The first-order chi connectivity index (χ1) is 28.6. The van der Waals surface area contributed by atoms with E-state index in [0.29, 0.717) is 11.3 Å². The second-order valence-corrected chi connectivity index (χ2v) is 16.2. The van der Waals surface area contributed by atoms with Crippen LogP contribution in [0, 0.1) is 11.3 Å². The van der Waals surface area contributed by atoms with E-state index in [4.69, 9.17) is 14.9 Å². The molecule has 0 saturated carbocycles. The van der Waals surface area contributed by atoms with Crippen molar-refractivity contribution in [2.45, 2.75) is 51.1 Å². The number of anilines is 2. The van der Waals surface area contributed by atoms with Gasteiger partial charge in [0.25, 0.3) is 5.56 Å². The van der Waals surface area contributed by atoms with Crippen molar-refractivity contribution in [3.05, 3.63) is 70.3 Å². The number of aryl methyl sites for hydroxylation is 1. The Bertz CT molecular complexity index is 2330. The SMILES string of the molecule is COc1cc(-c2cn(C)c(=O)c3cnc(N4CCC4)cc23)cc(OC)c1CN1CCC(CCN2CCN(c3ccn(C(=O)NC4CCC(=O)NC4=O)c(=N)c3)CC2)CC1. The standard InChI is InChI=1S/C43H54N10O6/c1-48-26-33(31-24-39(52-11-4-12-52)45-25-32(31)42(48)56)29-21-36(58-2)34(37(22-29)59-3)27-50-14-8-28(9-15-50)7-13-49-17-19-51(20-18-49)30-10-16-53(38(44)23-30)43(57)46-35-5-6-40(54)47-41(35)55/h10,16,21-26,28,35,44H,4-9,11-15,17-20,27H2,1-3H3,(H,46,57)(H,47,54,55). The molecule has 1 unspecified atom stereocenters. The van der Waals surface area contributed by atoms with Crippen LogP contribution < -0.4 is 41.0 Å². The van der Waals surface area contributed by atoms with Crippen LogP contribution in [0.25, 0.3) is 21.9 Å². The van der Waals surface area contributed by atoms with Gasteiger partial charge in [0.15, 0.2) is 0 Å². The number of aromatic nitrogens is 3. The molecule has 4 aliphatic heterocycles. The maximum absolute atomic E-state index is 13.1. The normalized spacial score (nSPS) is 19.4. The van der Waals surface area contributed by atoms with Crippen LogP contribution in [-0.2, 0) is 23.2 Å². The highest BCUT2D eigenvalue weighted by molar-refractivity contribution is 6.01. The Hall–Kier alpha value is -5.74. The van der Waals surface area contributed by atoms with Gasteiger partial charge >= 0.3 is 6.03 Å². The van der Waals surface area contributed by atoms with Gasteiger partial charge in [-0.2, -0.15) is 0 Å². The minimum absolute atomic E-state index is 0.0268. The van der Waals surface area contributed by atoms with Gasteiger partial charge in [-0.25, -0.2) is 9.78 Å². The number of carbonyl (C=O) groups is 3. The minimum atomic E-state index is -0.797. The number of fused-ring (bicyclic) bond motifs is 1. The summed E-state index contributed by atoms with van der Waals surface area (Å²) >= 11 is 0. The highest BCUT2D eigenvalue weighted by Crippen LogP contribution is 2.39. The summed E-state index contributed by atoms with van der Waals surface area (Å²) in [6.07, 6.45) is 10.1. The zero-order valence-electron chi connectivity index (χ0n) is 34.2. The lowest BCUT2D eigenvalue weighted by atomic mass is 9.92. The Labute approximate surface area is 343 Å². The topological polar surface area (TPSA) is 170 Å². The van der Waals surface area contributed by atoms with E-state index < -0.39 is 18.0 Å². The molecule has 4 saturated heterocycles. The van der Waals surface area contributed by atoms with Gasteiger partial charge in [-0.3, -0.25) is 39.5 Å². The molecule has 0 bridgehead atoms. The average molecular weight is 807 g/mol. The molecule has 0 spiro atoms. The van der Waals surface area contributed by atoms with E-state index >= 15 is 0 Å². The molecule has 59 heavy (non-hydrogen) atoms. The van der Waals surface area contributed by atoms with Crippen LogP contribution in [0.1, 0.15) is 44.1 Å². The molecule has 1 atom stereocenters. The van der Waals surface area contributed by atoms with Crippen LogP contribution >= 0.6 is 0 Å². The molecule has 312 valence electrons. The highest BCUT2D eigenvalue weighted by Gasteiger charge is 2.29. The van der Waals surface area contributed by atoms with Gasteiger partial charge in [-0.15, -0.1) is 0 Å². The lowest BCUT2D eigenvalue weighted by Gasteiger charge is -2.38. The molecule has 3 N–H and O–H groups in total. The predicted molar refractivity (Wildman–Crippen MR) is 224 cm³/mol. The number of piperidine rings is 2. The third kappa shape index (κ3) is 8.55. The van der Waals surface area contributed by atoms with Crippen LogP contribution in [0.3, 0.4) is 0 Å². The predicted octanol–water partition coefficient (Wildman–Crippen LogP) is 2.90. The number of imide groups is 1. The van der Waals surface area contributed by atoms with Crippen LogP contribution in [-0.4, -0.2) is 121 Å². The Kier molecular flexibility index (Phi) is 11.7. The number of ether oxygens (including phenoxy) is 2. The molecule has 7 heterocycles. The zero-order valence-corrected chi connectivity index (χ0v) is 34.2. The number of hydrogen-bond acceptors (Lipinski definition) is 12. The zero-order chi connectivity index (χ0) is 41.2. The molecule has 4 aromatic rings. The van der Waals surface area contributed by atoms with Crippen molar-refractivity contribution >= 4 is 40.1 Å². The maximum Gasteiger partial charge on any atom is 0.327 e. The average Bonchev–Trinajstić information content (AvgIpc) is 3.22. The van der Waals surface area contributed by atoms with Gasteiger partial charge in [-0.05, 0) is 87.5 Å². The van der Waals surface area contributed by atoms with Gasteiger partial charge in [0.05, 0.1) is 25.2 Å². The molecule has 4 aliphatic rings. The molecule has 16 nitrogen and oxygen atoms in total. The fourth-order valence-corrected chi connectivity index (χ4v) is 8.76. The van der Waals surface area contributed by atoms with E-state index in [1.807, 2.05) is 18.3 Å². The summed E-state index contributed by atoms with van der Waals surface area (Å²) < 4.78 is 14.8. The largest absolute Gasteiger partial charge is 0.496 e. The van der Waals surface area contributed by atoms with E-state index in [-0.39, 0.29) is 29.8 Å². The van der Waals surface area contributed by atoms with Gasteiger partial charge in [0.2, 0.25) is 11.8 Å². The van der Waals surface area contributed by atoms with E-state index in [2.05, 4.69) is 47.3 Å². The summed E-state index contributed by atoms with van der Waals surface area (Å²) in [6.45, 7) is 9.25. The van der Waals surface area contributed by atoms with E-state index in [1.54, 1.807) is 44.3 Å². The number of nitrogens with one attached hydrogen (secondary N) is 3. The van der Waals surface area contributed by atoms with Crippen LogP contribution in [0.2, 0.25) is 0 Å². The van der Waals surface area contributed by atoms with E-state index in [9.17, 15) is 19.2 Å². The number of methoxy groups -OCH3 is 2. The van der Waals surface area contributed by atoms with Gasteiger partial charge in [0.1, 0.15) is 28.8 Å². The van der Waals surface area contributed by atoms with Crippen molar-refractivity contribution in [3.8, 4) is 22.6 Å². The Morgan fingerprint density at radius 2 is 1.63 bits per heavy atom. The number of benzene rings is 1. The van der Waals surface area contributed by atoms with Crippen LogP contribution in [0.4, 0.5) is 16.3 Å². The first kappa shape index (κ1) is 40.1. The second-order valence-electron chi connectivity index (χ2n) is 16.2. The quantitative estimate of drug-likeness (QED) is 0.191. The van der Waals surface area contributed by atoms with E-state index in [0.717, 1.165) is 136 Å². The smallest absolute Gasteiger partial charge is 0.327 e. The first-order valence-electron chi connectivity index (χ1n) is 20.7. The van der Waals surface area contributed by atoms with Gasteiger partial charge in [-0.1, -0.05) is 0 Å². The summed E-state index contributed by atoms with van der Waals surface area (Å²) in [4.78, 5) is 63.5. The third-order valence-electron chi connectivity index (χ3n) is 12.5. The third-order valence-corrected chi connectivity index (χ3v) is 12.5. The molecule has 1 aromatic carbocycles. The number of rotatable bonds is 11. The highest BCUT2D eigenvalue weighted by atomic mass is 16.5. The fraction of sp³-hybridized carbons (Fsp3) is 0.488. The molecule has 3 aromatic heterocycles. The Morgan fingerprint density at radius 3 is 2.27 bits per heavy atom. The molecule has 8 rings (SSSR count). The van der Waals surface area contributed by atoms with Crippen molar-refractivity contribution in [1.29, 1.82) is 5.41 Å². The van der Waals surface area contributed by atoms with Crippen molar-refractivity contribution in [1.82, 2.24) is 34.6 Å². The number of piperazine rings is 1. The number of hydrogen-bond donors (Lipinski definition) is 3. The van der Waals surface area contributed by atoms with Crippen molar-refractivity contribution in [2.75, 3.05) is 82.9 Å². The van der Waals surface area contributed by atoms with Crippen LogP contribution in [0.15, 0.2) is 53.7 Å². The molecule has 16 heteroatoms. The van der Waals surface area contributed by atoms with Gasteiger partial charge in [0, 0.05) is 101 Å². The molecule has 0 radical (unpaired) electrons. The molecule has 3 amide bonds. The van der Waals surface area contributed by atoms with Gasteiger partial charge < -0.3 is 29.2 Å². The lowest BCUT2D eigenvalue weighted by molar-refractivity contribution is -0.134. The summed E-state index contributed by atoms with van der Waals surface area (Å²) in [5, 5.41) is 14.8. The Morgan fingerprint density at radius 1 is 0.898 bits per heavy atom. The summed E-state index contributed by atoms with van der Waals surface area (Å²) in [7, 11) is 5.18. The van der Waals surface area contributed by atoms with Crippen molar-refractivity contribution in [2.24, 2.45) is 13.0 Å². The number of likely N-dealkylation sites (tertiary alicyclic amines) is 1. The second kappa shape index (κ2) is 17.2. The lowest BCUT2D eigenvalue weighted by Crippen LogP contribution is -2.54.